The van der Waals surface area contributed by atoms with Crippen LogP contribution >= 0.6 is 0 Å². The van der Waals surface area contributed by atoms with Crippen LogP contribution in [0.5, 0.6) is 0 Å². The van der Waals surface area contributed by atoms with E-state index in [-0.39, 0.29) is 5.69 Å². The molecule has 0 spiro atoms. The normalized spacial score (nSPS) is 19.4. The number of amides is 1. The molecule has 1 amide bonds. The van der Waals surface area contributed by atoms with E-state index in [4.69, 9.17) is 9.31 Å². The van der Waals surface area contributed by atoms with Crippen molar-refractivity contribution in [1.29, 1.82) is 0 Å². The first kappa shape index (κ1) is 15.7. The second kappa shape index (κ2) is 5.28. The topological polar surface area (TPSA) is 47.6 Å². The van der Waals surface area contributed by atoms with Crippen molar-refractivity contribution in [2.75, 3.05) is 5.32 Å². The summed E-state index contributed by atoms with van der Waals surface area (Å²) in [5.41, 5.74) is -0.228. The van der Waals surface area contributed by atoms with Crippen LogP contribution in [-0.2, 0) is 14.1 Å². The first-order valence-electron chi connectivity index (χ1n) is 6.75. The molecule has 1 aliphatic rings. The molecule has 1 saturated heterocycles. The molecular formula is C15H19BFNO3. The van der Waals surface area contributed by atoms with Gasteiger partial charge in [-0.25, -0.2) is 4.39 Å². The number of carbonyl (C=O) groups excluding carboxylic acids is 1. The molecule has 1 aromatic rings. The molecule has 2 rings (SSSR count). The minimum Gasteiger partial charge on any atom is -0.399 e. The lowest BCUT2D eigenvalue weighted by Crippen LogP contribution is -2.41. The van der Waals surface area contributed by atoms with Crippen molar-refractivity contribution in [2.45, 2.75) is 38.9 Å². The predicted molar refractivity (Wildman–Crippen MR) is 80.9 cm³/mol. The third-order valence-electron chi connectivity index (χ3n) is 3.96. The van der Waals surface area contributed by atoms with Crippen LogP contribution < -0.4 is 10.8 Å². The fourth-order valence-electron chi connectivity index (χ4n) is 1.95. The average molecular weight is 291 g/mol. The summed E-state index contributed by atoms with van der Waals surface area (Å²) in [6, 6.07) is 4.37. The van der Waals surface area contributed by atoms with Gasteiger partial charge >= 0.3 is 7.12 Å². The highest BCUT2D eigenvalue weighted by Crippen LogP contribution is 2.36. The summed E-state index contributed by atoms with van der Waals surface area (Å²) in [7, 11) is -0.602. The Bertz CT molecular complexity index is 570. The SMILES string of the molecule is C=CC(=O)Nc1cc(B2OC(C)(C)C(C)(C)O2)ccc1F. The van der Waals surface area contributed by atoms with E-state index in [1.54, 1.807) is 6.07 Å². The molecule has 1 fully saturated rings. The first-order valence-corrected chi connectivity index (χ1v) is 6.75. The monoisotopic (exact) mass is 291 g/mol. The molecule has 1 N–H and O–H groups in total. The fourth-order valence-corrected chi connectivity index (χ4v) is 1.95. The van der Waals surface area contributed by atoms with E-state index in [0.717, 1.165) is 6.08 Å². The van der Waals surface area contributed by atoms with Gasteiger partial charge in [0.25, 0.3) is 0 Å². The van der Waals surface area contributed by atoms with Gasteiger partial charge in [0.15, 0.2) is 0 Å². The molecular weight excluding hydrogens is 272 g/mol. The van der Waals surface area contributed by atoms with Gasteiger partial charge in [-0.15, -0.1) is 0 Å². The third kappa shape index (κ3) is 3.01. The third-order valence-corrected chi connectivity index (χ3v) is 3.96. The highest BCUT2D eigenvalue weighted by molar-refractivity contribution is 6.62. The van der Waals surface area contributed by atoms with E-state index in [0.29, 0.717) is 5.46 Å². The van der Waals surface area contributed by atoms with Gasteiger partial charge in [0.1, 0.15) is 5.82 Å². The molecule has 1 heterocycles. The standard InChI is InChI=1S/C15H19BFNO3/c1-6-13(19)18-12-9-10(7-8-11(12)17)16-20-14(2,3)15(4,5)21-16/h6-9H,1H2,2-5H3,(H,18,19). The smallest absolute Gasteiger partial charge is 0.399 e. The second-order valence-electron chi connectivity index (χ2n) is 6.02. The largest absolute Gasteiger partial charge is 0.494 e. The summed E-state index contributed by atoms with van der Waals surface area (Å²) in [5, 5.41) is 2.42. The van der Waals surface area contributed by atoms with Crippen molar-refractivity contribution in [3.63, 3.8) is 0 Å². The van der Waals surface area contributed by atoms with Crippen LogP contribution in [0.1, 0.15) is 27.7 Å². The molecule has 0 aliphatic carbocycles. The van der Waals surface area contributed by atoms with Crippen molar-refractivity contribution in [1.82, 2.24) is 0 Å². The minimum atomic E-state index is -0.602. The Kier molecular flexibility index (Phi) is 3.95. The van der Waals surface area contributed by atoms with Crippen LogP contribution in [0.25, 0.3) is 0 Å². The van der Waals surface area contributed by atoms with Crippen molar-refractivity contribution >= 4 is 24.2 Å². The highest BCUT2D eigenvalue weighted by Gasteiger charge is 2.51. The van der Waals surface area contributed by atoms with Crippen LogP contribution in [-0.4, -0.2) is 24.2 Å². The number of hydrogen-bond acceptors (Lipinski definition) is 3. The van der Waals surface area contributed by atoms with Crippen molar-refractivity contribution < 1.29 is 18.5 Å². The Morgan fingerprint density at radius 2 is 1.86 bits per heavy atom. The summed E-state index contributed by atoms with van der Waals surface area (Å²) < 4.78 is 25.5. The maximum atomic E-state index is 13.7. The molecule has 21 heavy (non-hydrogen) atoms. The molecule has 0 unspecified atom stereocenters. The molecule has 1 aromatic carbocycles. The second-order valence-corrected chi connectivity index (χ2v) is 6.02. The summed E-state index contributed by atoms with van der Waals surface area (Å²) in [6.45, 7) is 11.1. The zero-order valence-electron chi connectivity index (χ0n) is 12.7. The molecule has 0 aromatic heterocycles. The van der Waals surface area contributed by atoms with E-state index in [2.05, 4.69) is 11.9 Å². The lowest BCUT2D eigenvalue weighted by atomic mass is 9.79. The Morgan fingerprint density at radius 3 is 2.38 bits per heavy atom. The summed E-state index contributed by atoms with van der Waals surface area (Å²) in [4.78, 5) is 11.3. The maximum absolute atomic E-state index is 13.7. The van der Waals surface area contributed by atoms with Gasteiger partial charge in [-0.05, 0) is 51.4 Å². The lowest BCUT2D eigenvalue weighted by Gasteiger charge is -2.32. The average Bonchev–Trinajstić information content (AvgIpc) is 2.61. The summed E-state index contributed by atoms with van der Waals surface area (Å²) in [5.74, 6) is -0.995. The molecule has 0 radical (unpaired) electrons. The van der Waals surface area contributed by atoms with E-state index >= 15 is 0 Å². The fraction of sp³-hybridized carbons (Fsp3) is 0.400. The van der Waals surface area contributed by atoms with Crippen LogP contribution in [0, 0.1) is 5.82 Å². The number of anilines is 1. The van der Waals surface area contributed by atoms with Crippen LogP contribution in [0.15, 0.2) is 30.9 Å². The molecule has 0 atom stereocenters. The number of halogens is 1. The van der Waals surface area contributed by atoms with Gasteiger partial charge < -0.3 is 14.6 Å². The molecule has 0 saturated carbocycles. The number of rotatable bonds is 3. The molecule has 0 bridgehead atoms. The lowest BCUT2D eigenvalue weighted by molar-refractivity contribution is -0.111. The molecule has 112 valence electrons. The van der Waals surface area contributed by atoms with Gasteiger partial charge in [-0.1, -0.05) is 12.6 Å². The zero-order chi connectivity index (χ0) is 15.8. The van der Waals surface area contributed by atoms with Crippen LogP contribution in [0.4, 0.5) is 10.1 Å². The van der Waals surface area contributed by atoms with E-state index in [1.165, 1.54) is 12.1 Å². The Morgan fingerprint density at radius 1 is 1.29 bits per heavy atom. The number of hydrogen-bond donors (Lipinski definition) is 1. The van der Waals surface area contributed by atoms with Crippen molar-refractivity contribution in [2.24, 2.45) is 0 Å². The van der Waals surface area contributed by atoms with Crippen LogP contribution in [0.3, 0.4) is 0 Å². The van der Waals surface area contributed by atoms with E-state index < -0.39 is 30.0 Å². The maximum Gasteiger partial charge on any atom is 0.494 e. The number of nitrogens with one attached hydrogen (secondary N) is 1. The Balaban J connectivity index is 2.28. The van der Waals surface area contributed by atoms with Gasteiger partial charge in [0.2, 0.25) is 5.91 Å². The van der Waals surface area contributed by atoms with Gasteiger partial charge in [-0.2, -0.15) is 0 Å². The predicted octanol–water partition coefficient (Wildman–Crippen LogP) is 2.25. The van der Waals surface area contributed by atoms with E-state index in [9.17, 15) is 9.18 Å². The highest BCUT2D eigenvalue weighted by atomic mass is 19.1. The number of benzene rings is 1. The van der Waals surface area contributed by atoms with Crippen LogP contribution in [0.2, 0.25) is 0 Å². The quantitative estimate of drug-likeness (QED) is 0.686. The zero-order valence-corrected chi connectivity index (χ0v) is 12.7. The molecule has 4 nitrogen and oxygen atoms in total. The molecule has 6 heteroatoms. The Labute approximate surface area is 124 Å². The Hall–Kier alpha value is -1.66. The van der Waals surface area contributed by atoms with Crippen molar-refractivity contribution in [3.05, 3.63) is 36.7 Å². The van der Waals surface area contributed by atoms with E-state index in [1.807, 2.05) is 27.7 Å². The summed E-state index contributed by atoms with van der Waals surface area (Å²) >= 11 is 0. The van der Waals surface area contributed by atoms with Gasteiger partial charge in [0, 0.05) is 0 Å². The van der Waals surface area contributed by atoms with Gasteiger partial charge in [0.05, 0.1) is 16.9 Å². The van der Waals surface area contributed by atoms with Gasteiger partial charge in [-0.3, -0.25) is 4.79 Å². The summed E-state index contributed by atoms with van der Waals surface area (Å²) in [6.07, 6.45) is 1.08. The first-order chi connectivity index (χ1) is 9.66. The molecule has 1 aliphatic heterocycles. The number of carbonyl (C=O) groups is 1. The minimum absolute atomic E-state index is 0.0760. The van der Waals surface area contributed by atoms with Crippen molar-refractivity contribution in [3.8, 4) is 0 Å².